The minimum Gasteiger partial charge on any atom is -0.449 e. The number of hydrogen-bond donors (Lipinski definition) is 2. The predicted octanol–water partition coefficient (Wildman–Crippen LogP) is 3.48. The summed E-state index contributed by atoms with van der Waals surface area (Å²) in [5, 5.41) is 5.56. The molecule has 2 N–H and O–H groups in total. The van der Waals surface area contributed by atoms with Crippen LogP contribution in [0.5, 0.6) is 0 Å². The maximum atomic E-state index is 12.2. The summed E-state index contributed by atoms with van der Waals surface area (Å²) in [6.07, 6.45) is -1.02. The summed E-state index contributed by atoms with van der Waals surface area (Å²) in [6, 6.07) is 13.0. The topological polar surface area (TPSA) is 84.5 Å². The van der Waals surface area contributed by atoms with Crippen molar-refractivity contribution < 1.29 is 19.1 Å². The van der Waals surface area contributed by atoms with Gasteiger partial charge in [0.2, 0.25) is 5.91 Å². The quantitative estimate of drug-likeness (QED) is 0.799. The molecule has 1 atom stereocenters. The summed E-state index contributed by atoms with van der Waals surface area (Å²) < 4.78 is 5.16. The number of benzene rings is 2. The van der Waals surface area contributed by atoms with Gasteiger partial charge in [-0.15, -0.1) is 0 Å². The molecule has 0 saturated heterocycles. The van der Waals surface area contributed by atoms with Crippen LogP contribution in [0.3, 0.4) is 0 Å². The molecule has 0 aliphatic carbocycles. The molecule has 0 aromatic heterocycles. The van der Waals surface area contributed by atoms with Crippen LogP contribution >= 0.6 is 11.6 Å². The van der Waals surface area contributed by atoms with Gasteiger partial charge >= 0.3 is 5.97 Å². The predicted molar refractivity (Wildman–Crippen MR) is 95.7 cm³/mol. The van der Waals surface area contributed by atoms with Gasteiger partial charge in [0.15, 0.2) is 6.10 Å². The first-order chi connectivity index (χ1) is 11.9. The Hall–Kier alpha value is -2.86. The summed E-state index contributed by atoms with van der Waals surface area (Å²) in [4.78, 5) is 35.4. The van der Waals surface area contributed by atoms with E-state index in [0.717, 1.165) is 0 Å². The van der Waals surface area contributed by atoms with Crippen LogP contribution in [0.25, 0.3) is 0 Å². The molecule has 25 heavy (non-hydrogen) atoms. The lowest BCUT2D eigenvalue weighted by Crippen LogP contribution is -2.30. The van der Waals surface area contributed by atoms with Gasteiger partial charge in [0.1, 0.15) is 0 Å². The number of nitrogens with one attached hydrogen (secondary N) is 2. The Morgan fingerprint density at radius 1 is 1.04 bits per heavy atom. The smallest absolute Gasteiger partial charge is 0.338 e. The third-order valence-corrected chi connectivity index (χ3v) is 3.53. The molecule has 0 fully saturated rings. The second-order valence-electron chi connectivity index (χ2n) is 5.28. The van der Waals surface area contributed by atoms with Gasteiger partial charge in [0, 0.05) is 12.6 Å². The van der Waals surface area contributed by atoms with Gasteiger partial charge in [-0.1, -0.05) is 29.8 Å². The molecule has 7 heteroatoms. The number of para-hydroxylation sites is 1. The average molecular weight is 361 g/mol. The Morgan fingerprint density at radius 3 is 2.44 bits per heavy atom. The summed E-state index contributed by atoms with van der Waals surface area (Å²) >= 11 is 5.98. The molecule has 6 nitrogen and oxygen atoms in total. The van der Waals surface area contributed by atoms with E-state index in [1.807, 2.05) is 0 Å². The molecule has 0 aliphatic heterocycles. The van der Waals surface area contributed by atoms with E-state index in [1.54, 1.807) is 36.4 Å². The lowest BCUT2D eigenvalue weighted by atomic mass is 10.2. The van der Waals surface area contributed by atoms with Crippen molar-refractivity contribution in [1.29, 1.82) is 0 Å². The van der Waals surface area contributed by atoms with Crippen molar-refractivity contribution in [2.24, 2.45) is 0 Å². The van der Waals surface area contributed by atoms with Crippen molar-refractivity contribution in [1.82, 2.24) is 0 Å². The number of carbonyl (C=O) groups excluding carboxylic acids is 3. The Labute approximate surface area is 150 Å². The van der Waals surface area contributed by atoms with E-state index in [4.69, 9.17) is 16.3 Å². The molecule has 0 bridgehead atoms. The minimum absolute atomic E-state index is 0.226. The van der Waals surface area contributed by atoms with Crippen molar-refractivity contribution in [3.05, 3.63) is 59.1 Å². The lowest BCUT2D eigenvalue weighted by Gasteiger charge is -2.14. The fraction of sp³-hybridized carbons (Fsp3) is 0.167. The van der Waals surface area contributed by atoms with E-state index >= 15 is 0 Å². The summed E-state index contributed by atoms with van der Waals surface area (Å²) in [5.41, 5.74) is 1.13. The maximum absolute atomic E-state index is 12.2. The molecule has 0 radical (unpaired) electrons. The molecular weight excluding hydrogens is 344 g/mol. The van der Waals surface area contributed by atoms with Gasteiger partial charge in [0.25, 0.3) is 5.91 Å². The maximum Gasteiger partial charge on any atom is 0.338 e. The Bertz CT molecular complexity index is 807. The van der Waals surface area contributed by atoms with Crippen molar-refractivity contribution in [2.45, 2.75) is 20.0 Å². The number of anilines is 2. The Kier molecular flexibility index (Phi) is 6.14. The number of hydrogen-bond acceptors (Lipinski definition) is 4. The summed E-state index contributed by atoms with van der Waals surface area (Å²) in [7, 11) is 0. The highest BCUT2D eigenvalue weighted by Gasteiger charge is 2.20. The van der Waals surface area contributed by atoms with Crippen molar-refractivity contribution in [3.63, 3.8) is 0 Å². The molecular formula is C18H17ClN2O4. The molecule has 0 unspecified atom stereocenters. The van der Waals surface area contributed by atoms with Crippen molar-refractivity contribution in [3.8, 4) is 0 Å². The Balaban J connectivity index is 2.01. The molecule has 2 aromatic rings. The third kappa shape index (κ3) is 5.32. The molecule has 2 rings (SSSR count). The largest absolute Gasteiger partial charge is 0.449 e. The van der Waals surface area contributed by atoms with Gasteiger partial charge in [0.05, 0.1) is 16.3 Å². The second-order valence-corrected chi connectivity index (χ2v) is 5.69. The number of amides is 2. The van der Waals surface area contributed by atoms with Crippen molar-refractivity contribution >= 4 is 40.8 Å². The number of rotatable bonds is 5. The van der Waals surface area contributed by atoms with Crippen LogP contribution in [0.4, 0.5) is 11.4 Å². The van der Waals surface area contributed by atoms with Gasteiger partial charge in [-0.25, -0.2) is 4.79 Å². The highest BCUT2D eigenvalue weighted by molar-refractivity contribution is 6.33. The normalized spacial score (nSPS) is 11.3. The van der Waals surface area contributed by atoms with E-state index in [2.05, 4.69) is 10.6 Å². The summed E-state index contributed by atoms with van der Waals surface area (Å²) in [6.45, 7) is 2.83. The first-order valence-corrected chi connectivity index (χ1v) is 7.88. The average Bonchev–Trinajstić information content (AvgIpc) is 2.56. The highest BCUT2D eigenvalue weighted by atomic mass is 35.5. The van der Waals surface area contributed by atoms with E-state index in [-0.39, 0.29) is 11.5 Å². The molecule has 130 valence electrons. The van der Waals surface area contributed by atoms with Crippen LogP contribution in [0, 0.1) is 0 Å². The van der Waals surface area contributed by atoms with Gasteiger partial charge in [-0.05, 0) is 37.3 Å². The SMILES string of the molecule is CC(=O)Nc1cccc(C(=O)O[C@@H](C)C(=O)Nc2ccccc2Cl)c1. The van der Waals surface area contributed by atoms with Crippen LogP contribution < -0.4 is 10.6 Å². The van der Waals surface area contributed by atoms with Crippen LogP contribution in [0.2, 0.25) is 5.02 Å². The third-order valence-electron chi connectivity index (χ3n) is 3.20. The van der Waals surface area contributed by atoms with E-state index in [9.17, 15) is 14.4 Å². The van der Waals surface area contributed by atoms with E-state index in [0.29, 0.717) is 16.4 Å². The number of halogens is 1. The van der Waals surface area contributed by atoms with Gasteiger partial charge in [-0.3, -0.25) is 9.59 Å². The fourth-order valence-electron chi connectivity index (χ4n) is 2.01. The first kappa shape index (κ1) is 18.5. The monoisotopic (exact) mass is 360 g/mol. The molecule has 2 amide bonds. The van der Waals surface area contributed by atoms with Gasteiger partial charge < -0.3 is 15.4 Å². The first-order valence-electron chi connectivity index (χ1n) is 7.51. The second kappa shape index (κ2) is 8.30. The zero-order valence-corrected chi connectivity index (χ0v) is 14.5. The fourth-order valence-corrected chi connectivity index (χ4v) is 2.19. The van der Waals surface area contributed by atoms with Crippen LogP contribution in [0.15, 0.2) is 48.5 Å². The van der Waals surface area contributed by atoms with Crippen LogP contribution in [-0.2, 0) is 14.3 Å². The molecule has 2 aromatic carbocycles. The van der Waals surface area contributed by atoms with Crippen molar-refractivity contribution in [2.75, 3.05) is 10.6 Å². The summed E-state index contributed by atoms with van der Waals surface area (Å²) in [5.74, 6) is -1.42. The van der Waals surface area contributed by atoms with E-state index < -0.39 is 18.0 Å². The molecule has 0 saturated carbocycles. The van der Waals surface area contributed by atoms with Gasteiger partial charge in [-0.2, -0.15) is 0 Å². The van der Waals surface area contributed by atoms with E-state index in [1.165, 1.54) is 26.0 Å². The lowest BCUT2D eigenvalue weighted by molar-refractivity contribution is -0.123. The minimum atomic E-state index is -1.02. The highest BCUT2D eigenvalue weighted by Crippen LogP contribution is 2.21. The molecule has 0 spiro atoms. The molecule has 0 heterocycles. The zero-order chi connectivity index (χ0) is 18.4. The molecule has 0 aliphatic rings. The number of ether oxygens (including phenoxy) is 1. The number of carbonyl (C=O) groups is 3. The van der Waals surface area contributed by atoms with Crippen LogP contribution in [0.1, 0.15) is 24.2 Å². The zero-order valence-electron chi connectivity index (χ0n) is 13.7. The standard InChI is InChI=1S/C18H17ClN2O4/c1-11(17(23)21-16-9-4-3-8-15(16)19)25-18(24)13-6-5-7-14(10-13)20-12(2)22/h3-11H,1-2H3,(H,20,22)(H,21,23)/t11-/m0/s1. The number of esters is 1. The Morgan fingerprint density at radius 2 is 1.76 bits per heavy atom. The van der Waals surface area contributed by atoms with Crippen LogP contribution in [-0.4, -0.2) is 23.9 Å².